The molecule has 0 radical (unpaired) electrons. The molecule has 2 heterocycles. The molecule has 1 atom stereocenters. The van der Waals surface area contributed by atoms with E-state index in [-0.39, 0.29) is 55.5 Å². The van der Waals surface area contributed by atoms with E-state index in [1.807, 2.05) is 4.90 Å². The first-order valence-corrected chi connectivity index (χ1v) is 9.49. The van der Waals surface area contributed by atoms with E-state index >= 15 is 0 Å². The topological polar surface area (TPSA) is 72.7 Å². The summed E-state index contributed by atoms with van der Waals surface area (Å²) in [7, 11) is 3.10. The van der Waals surface area contributed by atoms with Crippen LogP contribution in [0.15, 0.2) is 0 Å². The van der Waals surface area contributed by atoms with Gasteiger partial charge in [0.15, 0.2) is 6.04 Å². The molecule has 7 nitrogen and oxygen atoms in total. The number of halogens is 2. The van der Waals surface area contributed by atoms with Gasteiger partial charge in [0.1, 0.15) is 6.21 Å². The number of alkyl halides is 2. The lowest BCUT2D eigenvalue weighted by Crippen LogP contribution is -2.59. The summed E-state index contributed by atoms with van der Waals surface area (Å²) in [5, 5.41) is 2.99. The smallest absolute Gasteiger partial charge is 0.353 e. The SMILES string of the molecule is CN1C(=O)C(N2CCC(NC(=O)C3CCC(F)(F)CC3)CC2)C=[N+](C)C1=O. The molecule has 1 N–H and O–H groups in total. The summed E-state index contributed by atoms with van der Waals surface area (Å²) in [6.45, 7) is 1.24. The van der Waals surface area contributed by atoms with E-state index < -0.39 is 12.0 Å². The van der Waals surface area contributed by atoms with E-state index in [0.717, 1.165) is 4.90 Å². The molecule has 150 valence electrons. The van der Waals surface area contributed by atoms with Gasteiger partial charge in [0.05, 0.1) is 14.1 Å². The second-order valence-electron chi connectivity index (χ2n) is 7.83. The van der Waals surface area contributed by atoms with Crippen molar-refractivity contribution in [1.82, 2.24) is 15.1 Å². The fraction of sp³-hybridized carbons (Fsp3) is 0.778. The Morgan fingerprint density at radius 2 is 1.78 bits per heavy atom. The monoisotopic (exact) mass is 385 g/mol. The molecular weight excluding hydrogens is 358 g/mol. The maximum Gasteiger partial charge on any atom is 0.500 e. The normalized spacial score (nSPS) is 28.2. The van der Waals surface area contributed by atoms with Gasteiger partial charge in [-0.3, -0.25) is 9.69 Å². The lowest BCUT2D eigenvalue weighted by Gasteiger charge is -2.37. The highest BCUT2D eigenvalue weighted by Gasteiger charge is 2.43. The van der Waals surface area contributed by atoms with Gasteiger partial charge in [-0.1, -0.05) is 0 Å². The fourth-order valence-corrected chi connectivity index (χ4v) is 4.06. The number of rotatable bonds is 3. The van der Waals surface area contributed by atoms with E-state index in [0.29, 0.717) is 25.9 Å². The van der Waals surface area contributed by atoms with Crippen molar-refractivity contribution in [3.63, 3.8) is 0 Å². The van der Waals surface area contributed by atoms with Gasteiger partial charge < -0.3 is 5.32 Å². The van der Waals surface area contributed by atoms with E-state index in [9.17, 15) is 23.2 Å². The van der Waals surface area contributed by atoms with Crippen LogP contribution >= 0.6 is 0 Å². The average molecular weight is 385 g/mol. The standard InChI is InChI=1S/C18H26F2N4O3/c1-22-11-14(16(26)23(2)17(22)27)24-9-5-13(6-10-24)21-15(25)12-3-7-18(19,20)8-4-12/h11-14H,3-10H2,1-2H3/p+1. The molecule has 1 saturated heterocycles. The zero-order valence-corrected chi connectivity index (χ0v) is 15.8. The number of piperidine rings is 1. The van der Waals surface area contributed by atoms with Crippen LogP contribution in [0.1, 0.15) is 38.5 Å². The molecule has 1 aliphatic carbocycles. The minimum atomic E-state index is -2.63. The number of nitrogens with zero attached hydrogens (tertiary/aromatic N) is 3. The van der Waals surface area contributed by atoms with Crippen molar-refractivity contribution in [3.8, 4) is 0 Å². The van der Waals surface area contributed by atoms with E-state index in [2.05, 4.69) is 5.32 Å². The summed E-state index contributed by atoms with van der Waals surface area (Å²) in [5.74, 6) is -3.34. The molecule has 27 heavy (non-hydrogen) atoms. The van der Waals surface area contributed by atoms with Gasteiger partial charge in [0.25, 0.3) is 0 Å². The van der Waals surface area contributed by atoms with Gasteiger partial charge in [-0.2, -0.15) is 9.69 Å². The highest BCUT2D eigenvalue weighted by molar-refractivity contribution is 6.06. The van der Waals surface area contributed by atoms with E-state index in [4.69, 9.17) is 0 Å². The van der Waals surface area contributed by atoms with Crippen LogP contribution in [0.3, 0.4) is 0 Å². The Morgan fingerprint density at radius 3 is 2.37 bits per heavy atom. The average Bonchev–Trinajstić information content (AvgIpc) is 2.63. The molecular formula is C18H27F2N4O3+. The molecule has 0 aromatic heterocycles. The first-order valence-electron chi connectivity index (χ1n) is 9.49. The number of nitrogens with one attached hydrogen (secondary N) is 1. The Hall–Kier alpha value is -1.90. The Morgan fingerprint density at radius 1 is 1.19 bits per heavy atom. The molecule has 9 heteroatoms. The highest BCUT2D eigenvalue weighted by atomic mass is 19.3. The van der Waals surface area contributed by atoms with Gasteiger partial charge >= 0.3 is 11.9 Å². The van der Waals surface area contributed by atoms with Crippen LogP contribution in [-0.4, -0.2) is 83.6 Å². The van der Waals surface area contributed by atoms with Crippen molar-refractivity contribution in [1.29, 1.82) is 0 Å². The number of carbonyl (C=O) groups excluding carboxylic acids is 3. The zero-order valence-electron chi connectivity index (χ0n) is 15.8. The predicted molar refractivity (Wildman–Crippen MR) is 93.8 cm³/mol. The number of likely N-dealkylation sites (N-methyl/N-ethyl adjacent to an activating group) is 1. The summed E-state index contributed by atoms with van der Waals surface area (Å²) in [6, 6.07) is -0.835. The van der Waals surface area contributed by atoms with Gasteiger partial charge in [-0.15, -0.1) is 0 Å². The molecule has 4 amide bonds. The number of imide groups is 1. The fourth-order valence-electron chi connectivity index (χ4n) is 4.06. The Labute approximate surface area is 157 Å². The quantitative estimate of drug-likeness (QED) is 0.738. The molecule has 0 spiro atoms. The predicted octanol–water partition coefficient (Wildman–Crippen LogP) is 1.07. The number of urea groups is 1. The molecule has 1 unspecified atom stereocenters. The first-order chi connectivity index (χ1) is 12.7. The van der Waals surface area contributed by atoms with Gasteiger partial charge in [-0.05, 0) is 25.7 Å². The lowest BCUT2D eigenvalue weighted by atomic mass is 9.86. The highest BCUT2D eigenvalue weighted by Crippen LogP contribution is 2.36. The number of hydrogen-bond donors (Lipinski definition) is 1. The second kappa shape index (κ2) is 7.61. The summed E-state index contributed by atoms with van der Waals surface area (Å²) >= 11 is 0. The maximum absolute atomic E-state index is 13.2. The van der Waals surface area contributed by atoms with Crippen molar-refractivity contribution >= 4 is 24.1 Å². The molecule has 0 bridgehead atoms. The molecule has 1 saturated carbocycles. The van der Waals surface area contributed by atoms with Crippen LogP contribution in [0.2, 0.25) is 0 Å². The lowest BCUT2D eigenvalue weighted by molar-refractivity contribution is -0.401. The molecule has 2 aliphatic heterocycles. The van der Waals surface area contributed by atoms with Crippen molar-refractivity contribution < 1.29 is 27.7 Å². The minimum Gasteiger partial charge on any atom is -0.353 e. The molecule has 3 rings (SSSR count). The summed E-state index contributed by atoms with van der Waals surface area (Å²) in [4.78, 5) is 39.7. The van der Waals surface area contributed by atoms with Crippen LogP contribution < -0.4 is 5.32 Å². The van der Waals surface area contributed by atoms with Gasteiger partial charge in [0.2, 0.25) is 11.8 Å². The Bertz CT molecular complexity index is 649. The first kappa shape index (κ1) is 19.9. The molecule has 0 aromatic rings. The summed E-state index contributed by atoms with van der Waals surface area (Å²) < 4.78 is 27.9. The molecule has 2 fully saturated rings. The second-order valence-corrected chi connectivity index (χ2v) is 7.83. The van der Waals surface area contributed by atoms with Crippen LogP contribution in [0, 0.1) is 5.92 Å². The summed E-state index contributed by atoms with van der Waals surface area (Å²) in [6.07, 6.45) is 3.03. The number of amides is 4. The Balaban J connectivity index is 1.50. The number of carbonyl (C=O) groups is 3. The number of likely N-dealkylation sites (tertiary alicyclic amines) is 1. The third kappa shape index (κ3) is 4.34. The third-order valence-electron chi connectivity index (χ3n) is 5.89. The minimum absolute atomic E-state index is 0.00743. The van der Waals surface area contributed by atoms with E-state index in [1.54, 1.807) is 13.3 Å². The third-order valence-corrected chi connectivity index (χ3v) is 5.89. The van der Waals surface area contributed by atoms with Crippen LogP contribution in [0.25, 0.3) is 0 Å². The summed E-state index contributed by atoms with van der Waals surface area (Å²) in [5.41, 5.74) is 0. The maximum atomic E-state index is 13.2. The van der Waals surface area contributed by atoms with Crippen molar-refractivity contribution in [3.05, 3.63) is 0 Å². The van der Waals surface area contributed by atoms with Crippen LogP contribution in [0.4, 0.5) is 13.6 Å². The van der Waals surface area contributed by atoms with Crippen LogP contribution in [-0.2, 0) is 9.59 Å². The van der Waals surface area contributed by atoms with Gasteiger partial charge in [-0.25, -0.2) is 18.2 Å². The van der Waals surface area contributed by atoms with Crippen LogP contribution in [0.5, 0.6) is 0 Å². The molecule has 3 aliphatic rings. The number of hydrogen-bond acceptors (Lipinski definition) is 4. The van der Waals surface area contributed by atoms with Crippen molar-refractivity contribution in [2.45, 2.75) is 56.5 Å². The zero-order chi connectivity index (χ0) is 19.8. The van der Waals surface area contributed by atoms with E-state index in [1.165, 1.54) is 11.6 Å². The van der Waals surface area contributed by atoms with Gasteiger partial charge in [0, 0.05) is 37.9 Å². The largest absolute Gasteiger partial charge is 0.500 e. The van der Waals surface area contributed by atoms with Crippen molar-refractivity contribution in [2.24, 2.45) is 5.92 Å². The Kier molecular flexibility index (Phi) is 5.60. The van der Waals surface area contributed by atoms with Crippen molar-refractivity contribution in [2.75, 3.05) is 27.2 Å². The molecule has 0 aromatic carbocycles.